The monoisotopic (exact) mass is 508 g/mol. The summed E-state index contributed by atoms with van der Waals surface area (Å²) in [6, 6.07) is 14.9. The molecular weight excluding hydrogens is 492 g/mol. The molecule has 0 saturated carbocycles. The van der Waals surface area contributed by atoms with Gasteiger partial charge in [0, 0.05) is 28.4 Å². The topological polar surface area (TPSA) is 98.7 Å². The highest BCUT2D eigenvalue weighted by Gasteiger charge is 2.18. The quantitative estimate of drug-likeness (QED) is 0.285. The van der Waals surface area contributed by atoms with Crippen LogP contribution in [0.15, 0.2) is 82.1 Å². The van der Waals surface area contributed by atoms with Gasteiger partial charge in [0.1, 0.15) is 16.5 Å². The number of pyridine rings is 1. The van der Waals surface area contributed by atoms with E-state index in [-0.39, 0.29) is 5.91 Å². The number of nitrogens with one attached hydrogen (secondary N) is 1. The Morgan fingerprint density at radius 3 is 2.91 bits per heavy atom. The van der Waals surface area contributed by atoms with Gasteiger partial charge in [-0.3, -0.25) is 14.3 Å². The number of carbonyl (C=O) groups excluding carboxylic acids is 1. The highest BCUT2D eigenvalue weighted by atomic mass is 35.5. The van der Waals surface area contributed by atoms with E-state index in [1.165, 1.54) is 23.1 Å². The van der Waals surface area contributed by atoms with E-state index < -0.39 is 0 Å². The minimum Gasteiger partial charge on any atom is -0.467 e. The molecule has 5 aromatic rings. The van der Waals surface area contributed by atoms with E-state index in [0.29, 0.717) is 39.8 Å². The molecular formula is C23H17ClN6O2S2. The van der Waals surface area contributed by atoms with E-state index in [1.807, 2.05) is 41.0 Å². The second kappa shape index (κ2) is 10.2. The second-order valence-electron chi connectivity index (χ2n) is 7.04. The summed E-state index contributed by atoms with van der Waals surface area (Å²) in [6.07, 6.45) is 5.03. The Morgan fingerprint density at radius 1 is 1.18 bits per heavy atom. The number of benzene rings is 1. The summed E-state index contributed by atoms with van der Waals surface area (Å²) in [5.41, 5.74) is 2.06. The number of thioether (sulfide) groups is 1. The number of hydrogen-bond donors (Lipinski definition) is 1. The number of furan rings is 1. The Labute approximate surface area is 208 Å². The minimum absolute atomic E-state index is 0.246. The number of nitrogens with zero attached hydrogens (tertiary/aromatic N) is 5. The Hall–Kier alpha value is -3.47. The SMILES string of the molecule is O=C(NCc1ccco1)c1csc(CSc2nnc(-c3cccnc3)n2-c2cccc(Cl)c2)n1. The lowest BCUT2D eigenvalue weighted by Gasteiger charge is -2.10. The van der Waals surface area contributed by atoms with E-state index >= 15 is 0 Å². The van der Waals surface area contributed by atoms with Crippen molar-refractivity contribution in [1.29, 1.82) is 0 Å². The molecule has 170 valence electrons. The average molecular weight is 509 g/mol. The van der Waals surface area contributed by atoms with E-state index in [1.54, 1.807) is 36.2 Å². The standard InChI is InChI=1S/C23H17ClN6O2S2/c24-16-5-1-6-17(10-16)30-21(15-4-2-8-25-11-15)28-29-23(30)34-14-20-27-19(13-33-20)22(31)26-12-18-7-3-9-32-18/h1-11,13H,12,14H2,(H,26,31). The number of rotatable bonds is 8. The van der Waals surface area contributed by atoms with Crippen LogP contribution in [0.1, 0.15) is 21.3 Å². The smallest absolute Gasteiger partial charge is 0.271 e. The van der Waals surface area contributed by atoms with Crippen LogP contribution in [0, 0.1) is 0 Å². The van der Waals surface area contributed by atoms with Crippen molar-refractivity contribution in [3.63, 3.8) is 0 Å². The van der Waals surface area contributed by atoms with Gasteiger partial charge in [0.25, 0.3) is 5.91 Å². The number of hydrogen-bond acceptors (Lipinski definition) is 8. The van der Waals surface area contributed by atoms with Gasteiger partial charge in [-0.25, -0.2) is 4.98 Å². The molecule has 0 radical (unpaired) electrons. The molecule has 4 aromatic heterocycles. The third kappa shape index (κ3) is 5.04. The highest BCUT2D eigenvalue weighted by molar-refractivity contribution is 7.98. The van der Waals surface area contributed by atoms with Crippen LogP contribution in [0.2, 0.25) is 5.02 Å². The second-order valence-corrected chi connectivity index (χ2v) is 9.36. The number of amides is 1. The molecule has 0 spiro atoms. The molecule has 0 aliphatic carbocycles. The van der Waals surface area contributed by atoms with Crippen LogP contribution >= 0.6 is 34.7 Å². The normalized spacial score (nSPS) is 11.0. The first-order valence-corrected chi connectivity index (χ1v) is 12.4. The molecule has 34 heavy (non-hydrogen) atoms. The maximum Gasteiger partial charge on any atom is 0.271 e. The highest BCUT2D eigenvalue weighted by Crippen LogP contribution is 2.31. The first kappa shape index (κ1) is 22.3. The summed E-state index contributed by atoms with van der Waals surface area (Å²) in [6.45, 7) is 0.313. The molecule has 1 aromatic carbocycles. The molecule has 8 nitrogen and oxygen atoms in total. The third-order valence-corrected chi connectivity index (χ3v) is 6.94. The third-order valence-electron chi connectivity index (χ3n) is 4.73. The number of aromatic nitrogens is 5. The average Bonchev–Trinajstić information content (AvgIpc) is 3.63. The first-order chi connectivity index (χ1) is 16.7. The van der Waals surface area contributed by atoms with Gasteiger partial charge in [-0.1, -0.05) is 29.4 Å². The van der Waals surface area contributed by atoms with Gasteiger partial charge in [0.15, 0.2) is 11.0 Å². The number of halogens is 1. The van der Waals surface area contributed by atoms with Crippen molar-refractivity contribution >= 4 is 40.6 Å². The predicted octanol–water partition coefficient (Wildman–Crippen LogP) is 5.25. The van der Waals surface area contributed by atoms with Crippen molar-refractivity contribution in [3.8, 4) is 17.1 Å². The van der Waals surface area contributed by atoms with Crippen molar-refractivity contribution in [2.45, 2.75) is 17.5 Å². The van der Waals surface area contributed by atoms with E-state index in [9.17, 15) is 4.79 Å². The van der Waals surface area contributed by atoms with E-state index in [2.05, 4.69) is 25.5 Å². The van der Waals surface area contributed by atoms with Crippen LogP contribution in [0.4, 0.5) is 0 Å². The molecule has 0 aliphatic rings. The van der Waals surface area contributed by atoms with Crippen LogP contribution in [-0.2, 0) is 12.3 Å². The Kier molecular flexibility index (Phi) is 6.70. The van der Waals surface area contributed by atoms with Crippen molar-refractivity contribution in [3.05, 3.63) is 94.1 Å². The molecule has 0 unspecified atom stereocenters. The van der Waals surface area contributed by atoms with Gasteiger partial charge in [-0.2, -0.15) is 0 Å². The van der Waals surface area contributed by atoms with E-state index in [0.717, 1.165) is 16.3 Å². The number of thiazole rings is 1. The Bertz CT molecular complexity index is 1400. The summed E-state index contributed by atoms with van der Waals surface area (Å²) in [4.78, 5) is 21.1. The van der Waals surface area contributed by atoms with Gasteiger partial charge in [0.05, 0.1) is 24.2 Å². The first-order valence-electron chi connectivity index (χ1n) is 10.2. The minimum atomic E-state index is -0.246. The summed E-state index contributed by atoms with van der Waals surface area (Å²) >= 11 is 9.15. The van der Waals surface area contributed by atoms with Crippen molar-refractivity contribution < 1.29 is 9.21 Å². The molecule has 0 fully saturated rings. The van der Waals surface area contributed by atoms with Gasteiger partial charge in [0.2, 0.25) is 0 Å². The zero-order chi connectivity index (χ0) is 23.3. The van der Waals surface area contributed by atoms with Crippen LogP contribution < -0.4 is 5.32 Å². The van der Waals surface area contributed by atoms with Crippen LogP contribution in [0.3, 0.4) is 0 Å². The zero-order valence-electron chi connectivity index (χ0n) is 17.6. The fourth-order valence-corrected chi connectivity index (χ4v) is 5.10. The molecule has 0 aliphatic heterocycles. The summed E-state index contributed by atoms with van der Waals surface area (Å²) in [5.74, 6) is 1.63. The molecule has 0 atom stereocenters. The van der Waals surface area contributed by atoms with Crippen LogP contribution in [0.25, 0.3) is 17.1 Å². The molecule has 5 rings (SSSR count). The molecule has 4 heterocycles. The van der Waals surface area contributed by atoms with Gasteiger partial charge < -0.3 is 9.73 Å². The zero-order valence-corrected chi connectivity index (χ0v) is 20.0. The Morgan fingerprint density at radius 2 is 2.12 bits per heavy atom. The lowest BCUT2D eigenvalue weighted by atomic mass is 10.2. The fraction of sp³-hybridized carbons (Fsp3) is 0.0870. The van der Waals surface area contributed by atoms with E-state index in [4.69, 9.17) is 16.0 Å². The predicted molar refractivity (Wildman–Crippen MR) is 131 cm³/mol. The summed E-state index contributed by atoms with van der Waals surface area (Å²) < 4.78 is 7.18. The maximum absolute atomic E-state index is 12.4. The lowest BCUT2D eigenvalue weighted by Crippen LogP contribution is -2.22. The fourth-order valence-electron chi connectivity index (χ4n) is 3.17. The maximum atomic E-state index is 12.4. The van der Waals surface area contributed by atoms with Crippen LogP contribution in [0.5, 0.6) is 0 Å². The molecule has 11 heteroatoms. The van der Waals surface area contributed by atoms with Crippen LogP contribution in [-0.4, -0.2) is 30.6 Å². The molecule has 0 bridgehead atoms. The summed E-state index contributed by atoms with van der Waals surface area (Å²) in [5, 5.41) is 15.5. The van der Waals surface area contributed by atoms with Gasteiger partial charge >= 0.3 is 0 Å². The molecule has 0 saturated heterocycles. The largest absolute Gasteiger partial charge is 0.467 e. The van der Waals surface area contributed by atoms with Crippen molar-refractivity contribution in [2.75, 3.05) is 0 Å². The van der Waals surface area contributed by atoms with Gasteiger partial charge in [-0.05, 0) is 42.5 Å². The molecule has 1 N–H and O–H groups in total. The summed E-state index contributed by atoms with van der Waals surface area (Å²) in [7, 11) is 0. The van der Waals surface area contributed by atoms with Crippen molar-refractivity contribution in [1.82, 2.24) is 30.0 Å². The van der Waals surface area contributed by atoms with Gasteiger partial charge in [-0.15, -0.1) is 21.5 Å². The van der Waals surface area contributed by atoms with Crippen molar-refractivity contribution in [2.24, 2.45) is 0 Å². The lowest BCUT2D eigenvalue weighted by molar-refractivity contribution is 0.0943. The Balaban J connectivity index is 1.34. The molecule has 1 amide bonds. The number of carbonyl (C=O) groups is 1.